The lowest BCUT2D eigenvalue weighted by atomic mass is 9.97. The summed E-state index contributed by atoms with van der Waals surface area (Å²) in [5.41, 5.74) is 0. The molecular weight excluding hydrogens is 280 g/mol. The molecule has 5 nitrogen and oxygen atoms in total. The number of nitrogens with zero attached hydrogens (tertiary/aromatic N) is 2. The van der Waals surface area contributed by atoms with Crippen molar-refractivity contribution in [3.05, 3.63) is 0 Å². The average molecular weight is 310 g/mol. The molecule has 3 aliphatic rings. The highest BCUT2D eigenvalue weighted by molar-refractivity contribution is 5.79. The molecule has 0 unspecified atom stereocenters. The minimum Gasteiger partial charge on any atom is -0.349 e. The minimum atomic E-state index is -0.135. The zero-order valence-electron chi connectivity index (χ0n) is 14.0. The molecule has 3 atom stereocenters. The molecule has 0 aliphatic carbocycles. The predicted molar refractivity (Wildman–Crippen MR) is 84.5 cm³/mol. The van der Waals surface area contributed by atoms with E-state index in [1.807, 2.05) is 0 Å². The number of likely N-dealkylation sites (tertiary alicyclic amines) is 2. The lowest BCUT2D eigenvalue weighted by Gasteiger charge is -2.42. The van der Waals surface area contributed by atoms with Gasteiger partial charge in [0, 0.05) is 12.1 Å². The van der Waals surface area contributed by atoms with Crippen LogP contribution in [0.15, 0.2) is 0 Å². The Hall–Kier alpha value is -0.650. The summed E-state index contributed by atoms with van der Waals surface area (Å²) in [6.45, 7) is 7.24. The molecule has 0 aromatic carbocycles. The number of carbonyl (C=O) groups excluding carboxylic acids is 1. The van der Waals surface area contributed by atoms with Crippen LogP contribution in [0, 0.1) is 0 Å². The van der Waals surface area contributed by atoms with E-state index in [0.717, 1.165) is 25.8 Å². The van der Waals surface area contributed by atoms with E-state index in [-0.39, 0.29) is 18.2 Å². The first-order valence-electron chi connectivity index (χ1n) is 8.95. The highest BCUT2D eigenvalue weighted by Gasteiger charge is 2.36. The summed E-state index contributed by atoms with van der Waals surface area (Å²) < 4.78 is 11.4. The Balaban J connectivity index is 1.63. The lowest BCUT2D eigenvalue weighted by molar-refractivity contribution is -0.145. The molecule has 22 heavy (non-hydrogen) atoms. The number of piperidine rings is 2. The van der Waals surface area contributed by atoms with E-state index in [0.29, 0.717) is 31.8 Å². The Bertz CT molecular complexity index is 374. The van der Waals surface area contributed by atoms with Crippen LogP contribution in [0.5, 0.6) is 0 Å². The molecule has 0 saturated carbocycles. The van der Waals surface area contributed by atoms with Crippen molar-refractivity contribution in [2.45, 2.75) is 76.8 Å². The van der Waals surface area contributed by atoms with Crippen LogP contribution in [-0.4, -0.2) is 66.4 Å². The molecule has 0 bridgehead atoms. The summed E-state index contributed by atoms with van der Waals surface area (Å²) in [7, 11) is 0. The van der Waals surface area contributed by atoms with Crippen molar-refractivity contribution in [1.29, 1.82) is 0 Å². The van der Waals surface area contributed by atoms with Crippen molar-refractivity contribution in [3.8, 4) is 0 Å². The normalized spacial score (nSPS) is 35.0. The van der Waals surface area contributed by atoms with Gasteiger partial charge in [0.1, 0.15) is 0 Å². The lowest BCUT2D eigenvalue weighted by Crippen LogP contribution is -2.55. The highest BCUT2D eigenvalue weighted by Crippen LogP contribution is 2.26. The molecule has 3 rings (SSSR count). The molecule has 0 spiro atoms. The number of rotatable bonds is 3. The van der Waals surface area contributed by atoms with E-state index < -0.39 is 0 Å². The second-order valence-electron chi connectivity index (χ2n) is 7.07. The molecule has 0 aromatic heterocycles. The van der Waals surface area contributed by atoms with Crippen LogP contribution in [-0.2, 0) is 14.3 Å². The van der Waals surface area contributed by atoms with Gasteiger partial charge in [-0.2, -0.15) is 0 Å². The number of carbonyl (C=O) groups is 1. The molecule has 0 aromatic rings. The Labute approximate surface area is 133 Å². The number of amides is 1. The van der Waals surface area contributed by atoms with Crippen LogP contribution < -0.4 is 0 Å². The van der Waals surface area contributed by atoms with Crippen molar-refractivity contribution in [2.75, 3.05) is 26.3 Å². The van der Waals surface area contributed by atoms with Crippen molar-refractivity contribution in [2.24, 2.45) is 0 Å². The van der Waals surface area contributed by atoms with Gasteiger partial charge in [0.25, 0.3) is 0 Å². The van der Waals surface area contributed by atoms with Crippen molar-refractivity contribution in [3.63, 3.8) is 0 Å². The first kappa shape index (κ1) is 16.2. The Morgan fingerprint density at radius 1 is 1.00 bits per heavy atom. The van der Waals surface area contributed by atoms with E-state index in [2.05, 4.69) is 23.6 Å². The predicted octanol–water partition coefficient (Wildman–Crippen LogP) is 2.00. The second-order valence-corrected chi connectivity index (χ2v) is 7.07. The monoisotopic (exact) mass is 310 g/mol. The van der Waals surface area contributed by atoms with Gasteiger partial charge in [-0.1, -0.05) is 6.42 Å². The third kappa shape index (κ3) is 3.47. The van der Waals surface area contributed by atoms with Crippen LogP contribution in [0.1, 0.15) is 52.4 Å². The topological polar surface area (TPSA) is 42.0 Å². The van der Waals surface area contributed by atoms with Crippen LogP contribution in [0.4, 0.5) is 0 Å². The van der Waals surface area contributed by atoms with Gasteiger partial charge in [-0.3, -0.25) is 9.69 Å². The van der Waals surface area contributed by atoms with Gasteiger partial charge in [-0.15, -0.1) is 0 Å². The first-order valence-corrected chi connectivity index (χ1v) is 8.95. The second kappa shape index (κ2) is 7.28. The molecule has 5 heteroatoms. The third-order valence-electron chi connectivity index (χ3n) is 5.45. The van der Waals surface area contributed by atoms with E-state index in [1.165, 1.54) is 19.3 Å². The molecule has 1 amide bonds. The summed E-state index contributed by atoms with van der Waals surface area (Å²) >= 11 is 0. The summed E-state index contributed by atoms with van der Waals surface area (Å²) in [5, 5.41) is 0. The van der Waals surface area contributed by atoms with E-state index in [1.54, 1.807) is 0 Å². The Morgan fingerprint density at radius 2 is 1.68 bits per heavy atom. The molecular formula is C17H30N2O3. The summed E-state index contributed by atoms with van der Waals surface area (Å²) in [6.07, 6.45) is 6.81. The SMILES string of the molecule is C[C@@H]1CCC[C@H](C)N1C(=O)CN1CCCC[C@H]1C1OCCO1. The molecule has 0 radical (unpaired) electrons. The third-order valence-corrected chi connectivity index (χ3v) is 5.45. The fraction of sp³-hybridized carbons (Fsp3) is 0.941. The van der Waals surface area contributed by atoms with Gasteiger partial charge >= 0.3 is 0 Å². The zero-order chi connectivity index (χ0) is 15.5. The smallest absolute Gasteiger partial charge is 0.237 e. The maximum absolute atomic E-state index is 12.9. The fourth-order valence-electron chi connectivity index (χ4n) is 4.29. The summed E-state index contributed by atoms with van der Waals surface area (Å²) in [5.74, 6) is 0.282. The van der Waals surface area contributed by atoms with Gasteiger partial charge < -0.3 is 14.4 Å². The number of ether oxygens (including phenoxy) is 2. The summed E-state index contributed by atoms with van der Waals surface area (Å²) in [4.78, 5) is 17.3. The number of hydrogen-bond donors (Lipinski definition) is 0. The molecule has 3 aliphatic heterocycles. The van der Waals surface area contributed by atoms with Crippen LogP contribution in [0.25, 0.3) is 0 Å². The van der Waals surface area contributed by atoms with E-state index in [9.17, 15) is 4.79 Å². The zero-order valence-corrected chi connectivity index (χ0v) is 14.0. The van der Waals surface area contributed by atoms with Gasteiger partial charge in [0.2, 0.25) is 5.91 Å². The molecule has 3 fully saturated rings. The van der Waals surface area contributed by atoms with E-state index in [4.69, 9.17) is 9.47 Å². The molecule has 126 valence electrons. The van der Waals surface area contributed by atoms with Gasteiger partial charge in [-0.05, 0) is 52.5 Å². The van der Waals surface area contributed by atoms with Crippen LogP contribution in [0.2, 0.25) is 0 Å². The minimum absolute atomic E-state index is 0.135. The highest BCUT2D eigenvalue weighted by atomic mass is 16.7. The van der Waals surface area contributed by atoms with Crippen molar-refractivity contribution >= 4 is 5.91 Å². The van der Waals surface area contributed by atoms with Crippen LogP contribution in [0.3, 0.4) is 0 Å². The fourth-order valence-corrected chi connectivity index (χ4v) is 4.29. The Morgan fingerprint density at radius 3 is 2.36 bits per heavy atom. The molecule has 3 heterocycles. The van der Waals surface area contributed by atoms with Crippen molar-refractivity contribution < 1.29 is 14.3 Å². The Kier molecular flexibility index (Phi) is 5.37. The summed E-state index contributed by atoms with van der Waals surface area (Å²) in [6, 6.07) is 0.993. The van der Waals surface area contributed by atoms with Crippen molar-refractivity contribution in [1.82, 2.24) is 9.80 Å². The maximum Gasteiger partial charge on any atom is 0.237 e. The average Bonchev–Trinajstić information content (AvgIpc) is 3.01. The number of hydrogen-bond acceptors (Lipinski definition) is 4. The van der Waals surface area contributed by atoms with Gasteiger partial charge in [0.05, 0.1) is 25.8 Å². The largest absolute Gasteiger partial charge is 0.349 e. The maximum atomic E-state index is 12.9. The molecule has 3 saturated heterocycles. The van der Waals surface area contributed by atoms with Gasteiger partial charge in [-0.25, -0.2) is 0 Å². The van der Waals surface area contributed by atoms with Gasteiger partial charge in [0.15, 0.2) is 6.29 Å². The first-order chi connectivity index (χ1) is 10.7. The van der Waals surface area contributed by atoms with E-state index >= 15 is 0 Å². The molecule has 0 N–H and O–H groups in total. The van der Waals surface area contributed by atoms with Crippen LogP contribution >= 0.6 is 0 Å². The quantitative estimate of drug-likeness (QED) is 0.799. The standard InChI is InChI=1S/C17H30N2O3/c1-13-6-5-7-14(2)19(13)16(20)12-18-9-4-3-8-15(18)17-21-10-11-22-17/h13-15,17H,3-12H2,1-2H3/t13-,14+,15-/m0/s1.